The number of hydrogen-bond acceptors (Lipinski definition) is 6. The molecule has 1 aromatic carbocycles. The summed E-state index contributed by atoms with van der Waals surface area (Å²) in [6.07, 6.45) is -0.208. The van der Waals surface area contributed by atoms with E-state index in [1.54, 1.807) is 11.0 Å². The maximum atomic E-state index is 12.6. The Labute approximate surface area is 122 Å². The average Bonchev–Trinajstić information content (AvgIpc) is 2.44. The Morgan fingerprint density at radius 1 is 1.43 bits per heavy atom. The van der Waals surface area contributed by atoms with Crippen LogP contribution in [-0.4, -0.2) is 41.0 Å². The molecular formula is C13H18N4O4. The normalized spacial score (nSPS) is 22.0. The molecule has 0 aliphatic carbocycles. The Morgan fingerprint density at radius 3 is 2.57 bits per heavy atom. The summed E-state index contributed by atoms with van der Waals surface area (Å²) in [5, 5.41) is 11.2. The second kappa shape index (κ2) is 6.06. The van der Waals surface area contributed by atoms with Crippen LogP contribution in [-0.2, 0) is 4.74 Å². The van der Waals surface area contributed by atoms with E-state index in [0.717, 1.165) is 0 Å². The van der Waals surface area contributed by atoms with Gasteiger partial charge in [-0.3, -0.25) is 20.8 Å². The van der Waals surface area contributed by atoms with Crippen LogP contribution >= 0.6 is 0 Å². The topological polar surface area (TPSA) is 111 Å². The molecule has 0 radical (unpaired) electrons. The minimum Gasteiger partial charge on any atom is -0.372 e. The van der Waals surface area contributed by atoms with Gasteiger partial charge in [0.1, 0.15) is 11.3 Å². The van der Waals surface area contributed by atoms with Gasteiger partial charge in [-0.15, -0.1) is 0 Å². The lowest BCUT2D eigenvalue weighted by Gasteiger charge is -2.35. The third kappa shape index (κ3) is 3.11. The molecule has 2 rings (SSSR count). The quantitative estimate of drug-likeness (QED) is 0.491. The van der Waals surface area contributed by atoms with Crippen LogP contribution < -0.4 is 11.3 Å². The van der Waals surface area contributed by atoms with E-state index in [1.165, 1.54) is 12.1 Å². The third-order valence-corrected chi connectivity index (χ3v) is 3.31. The van der Waals surface area contributed by atoms with Crippen molar-refractivity contribution in [2.75, 3.05) is 18.5 Å². The Morgan fingerprint density at radius 2 is 2.05 bits per heavy atom. The Bertz CT molecular complexity index is 553. The van der Waals surface area contributed by atoms with Crippen LogP contribution in [0.4, 0.5) is 11.4 Å². The predicted octanol–water partition coefficient (Wildman–Crippen LogP) is 1.13. The van der Waals surface area contributed by atoms with E-state index in [-0.39, 0.29) is 35.1 Å². The van der Waals surface area contributed by atoms with Crippen LogP contribution in [0.3, 0.4) is 0 Å². The van der Waals surface area contributed by atoms with Crippen molar-refractivity contribution in [2.24, 2.45) is 5.84 Å². The van der Waals surface area contributed by atoms with Gasteiger partial charge in [0, 0.05) is 13.1 Å². The molecule has 114 valence electrons. The number of nitro groups is 1. The predicted molar refractivity (Wildman–Crippen MR) is 76.8 cm³/mol. The molecule has 0 bridgehead atoms. The summed E-state index contributed by atoms with van der Waals surface area (Å²) in [7, 11) is 0. The van der Waals surface area contributed by atoms with Gasteiger partial charge >= 0.3 is 5.69 Å². The number of nitro benzene ring substituents is 1. The molecule has 1 saturated heterocycles. The van der Waals surface area contributed by atoms with Crippen LogP contribution in [0.5, 0.6) is 0 Å². The number of carbonyl (C=O) groups is 1. The molecule has 0 aromatic heterocycles. The first-order chi connectivity index (χ1) is 9.93. The molecule has 1 aromatic rings. The number of hydrogen-bond donors (Lipinski definition) is 2. The van der Waals surface area contributed by atoms with Crippen molar-refractivity contribution in [3.05, 3.63) is 33.9 Å². The molecule has 8 nitrogen and oxygen atoms in total. The molecule has 0 spiro atoms. The fourth-order valence-electron chi connectivity index (χ4n) is 2.54. The number of carbonyl (C=O) groups excluding carboxylic acids is 1. The first-order valence-corrected chi connectivity index (χ1v) is 6.62. The van der Waals surface area contributed by atoms with Gasteiger partial charge in [0.2, 0.25) is 0 Å². The molecule has 1 amide bonds. The van der Waals surface area contributed by atoms with Crippen molar-refractivity contribution in [1.82, 2.24) is 4.90 Å². The van der Waals surface area contributed by atoms with Crippen molar-refractivity contribution >= 4 is 17.3 Å². The number of nitrogens with zero attached hydrogens (tertiary/aromatic N) is 2. The zero-order valence-electron chi connectivity index (χ0n) is 11.9. The highest BCUT2D eigenvalue weighted by Crippen LogP contribution is 2.29. The Kier molecular flexibility index (Phi) is 4.39. The highest BCUT2D eigenvalue weighted by molar-refractivity contribution is 6.00. The number of anilines is 1. The van der Waals surface area contributed by atoms with Gasteiger partial charge < -0.3 is 15.1 Å². The molecule has 1 aliphatic rings. The fraction of sp³-hybridized carbons (Fsp3) is 0.462. The van der Waals surface area contributed by atoms with Crippen LogP contribution in [0.25, 0.3) is 0 Å². The van der Waals surface area contributed by atoms with Gasteiger partial charge in [0.05, 0.1) is 17.1 Å². The van der Waals surface area contributed by atoms with Crippen molar-refractivity contribution < 1.29 is 14.5 Å². The lowest BCUT2D eigenvalue weighted by atomic mass is 10.1. The van der Waals surface area contributed by atoms with Gasteiger partial charge in [0.15, 0.2) is 0 Å². The summed E-state index contributed by atoms with van der Waals surface area (Å²) in [6.45, 7) is 4.53. The summed E-state index contributed by atoms with van der Waals surface area (Å²) in [5.74, 6) is 4.89. The second-order valence-corrected chi connectivity index (χ2v) is 5.07. The first-order valence-electron chi connectivity index (χ1n) is 6.62. The van der Waals surface area contributed by atoms with E-state index < -0.39 is 4.92 Å². The zero-order chi connectivity index (χ0) is 15.6. The maximum absolute atomic E-state index is 12.6. The van der Waals surface area contributed by atoms with E-state index in [9.17, 15) is 14.9 Å². The Hall–Kier alpha value is -2.19. The average molecular weight is 294 g/mol. The van der Waals surface area contributed by atoms with Gasteiger partial charge in [-0.2, -0.15) is 0 Å². The number of rotatable bonds is 3. The number of nitrogens with two attached hydrogens (primary N) is 1. The number of morpholine rings is 1. The van der Waals surface area contributed by atoms with E-state index in [2.05, 4.69) is 5.43 Å². The molecule has 0 saturated carbocycles. The minimum absolute atomic E-state index is 0.0248. The molecule has 1 heterocycles. The number of para-hydroxylation sites is 1. The molecule has 1 fully saturated rings. The number of ether oxygens (including phenoxy) is 1. The smallest absolute Gasteiger partial charge is 0.306 e. The van der Waals surface area contributed by atoms with Crippen molar-refractivity contribution in [2.45, 2.75) is 26.1 Å². The van der Waals surface area contributed by atoms with E-state index in [4.69, 9.17) is 10.6 Å². The molecule has 2 atom stereocenters. The first kappa shape index (κ1) is 15.2. The molecule has 1 aliphatic heterocycles. The summed E-state index contributed by atoms with van der Waals surface area (Å²) < 4.78 is 5.56. The van der Waals surface area contributed by atoms with Crippen molar-refractivity contribution in [3.63, 3.8) is 0 Å². The van der Waals surface area contributed by atoms with E-state index >= 15 is 0 Å². The monoisotopic (exact) mass is 294 g/mol. The van der Waals surface area contributed by atoms with Crippen LogP contribution in [0.2, 0.25) is 0 Å². The molecule has 3 N–H and O–H groups in total. The maximum Gasteiger partial charge on any atom is 0.306 e. The minimum atomic E-state index is -0.601. The SMILES string of the molecule is CC1CN(C(=O)c2cccc(NN)c2[N+](=O)[O-])CC(C)O1. The molecule has 21 heavy (non-hydrogen) atoms. The van der Waals surface area contributed by atoms with Crippen LogP contribution in [0.1, 0.15) is 24.2 Å². The molecular weight excluding hydrogens is 276 g/mol. The molecule has 2 unspecified atom stereocenters. The van der Waals surface area contributed by atoms with Gasteiger partial charge in [-0.25, -0.2) is 0 Å². The summed E-state index contributed by atoms with van der Waals surface area (Å²) >= 11 is 0. The lowest BCUT2D eigenvalue weighted by molar-refractivity contribution is -0.384. The highest BCUT2D eigenvalue weighted by atomic mass is 16.6. The number of hydrazine groups is 1. The number of benzene rings is 1. The Balaban J connectivity index is 2.37. The van der Waals surface area contributed by atoms with Gasteiger partial charge in [-0.05, 0) is 26.0 Å². The lowest BCUT2D eigenvalue weighted by Crippen LogP contribution is -2.48. The summed E-state index contributed by atoms with van der Waals surface area (Å²) in [6, 6.07) is 4.45. The number of amides is 1. The number of nitrogens with one attached hydrogen (secondary N) is 1. The van der Waals surface area contributed by atoms with Crippen molar-refractivity contribution in [1.29, 1.82) is 0 Å². The largest absolute Gasteiger partial charge is 0.372 e. The summed E-state index contributed by atoms with van der Waals surface area (Å²) in [4.78, 5) is 24.8. The second-order valence-electron chi connectivity index (χ2n) is 5.07. The van der Waals surface area contributed by atoms with E-state index in [0.29, 0.717) is 13.1 Å². The fourth-order valence-corrected chi connectivity index (χ4v) is 2.54. The van der Waals surface area contributed by atoms with Crippen molar-refractivity contribution in [3.8, 4) is 0 Å². The van der Waals surface area contributed by atoms with Gasteiger partial charge in [-0.1, -0.05) is 6.07 Å². The van der Waals surface area contributed by atoms with Gasteiger partial charge in [0.25, 0.3) is 5.91 Å². The number of nitrogen functional groups attached to an aromatic ring is 1. The highest BCUT2D eigenvalue weighted by Gasteiger charge is 2.31. The third-order valence-electron chi connectivity index (χ3n) is 3.31. The van der Waals surface area contributed by atoms with Crippen LogP contribution in [0.15, 0.2) is 18.2 Å². The zero-order valence-corrected chi connectivity index (χ0v) is 11.9. The molecule has 8 heteroatoms. The van der Waals surface area contributed by atoms with E-state index in [1.807, 2.05) is 13.8 Å². The summed E-state index contributed by atoms with van der Waals surface area (Å²) in [5.41, 5.74) is 2.08. The van der Waals surface area contributed by atoms with Crippen LogP contribution in [0, 0.1) is 10.1 Å². The standard InChI is InChI=1S/C13H18N4O4/c1-8-6-16(7-9(2)21-8)13(18)10-4-3-5-11(15-14)12(10)17(19)20/h3-5,8-9,15H,6-7,14H2,1-2H3.